The molecule has 3 rings (SSSR count). The van der Waals surface area contributed by atoms with Gasteiger partial charge in [-0.1, -0.05) is 79.7 Å². The van der Waals surface area contributed by atoms with Gasteiger partial charge in [-0.3, -0.25) is 9.80 Å². The molecule has 0 spiro atoms. The van der Waals surface area contributed by atoms with Crippen molar-refractivity contribution in [2.75, 3.05) is 39.3 Å². The lowest BCUT2D eigenvalue weighted by atomic mass is 10.0. The van der Waals surface area contributed by atoms with Crippen LogP contribution in [0.5, 0.6) is 0 Å². The summed E-state index contributed by atoms with van der Waals surface area (Å²) in [4.78, 5) is 5.36. The second-order valence-electron chi connectivity index (χ2n) is 10.6. The first kappa shape index (κ1) is 26.5. The van der Waals surface area contributed by atoms with E-state index in [0.717, 1.165) is 0 Å². The predicted molar refractivity (Wildman–Crippen MR) is 146 cm³/mol. The molecule has 2 nitrogen and oxygen atoms in total. The average molecular weight is 453 g/mol. The average Bonchev–Trinajstić information content (AvgIpc) is 2.84. The van der Waals surface area contributed by atoms with Crippen LogP contribution in [0.15, 0.2) is 47.6 Å². The fourth-order valence-electron chi connectivity index (χ4n) is 5.61. The van der Waals surface area contributed by atoms with Crippen LogP contribution in [0.2, 0.25) is 0 Å². The van der Waals surface area contributed by atoms with Crippen molar-refractivity contribution in [1.29, 1.82) is 0 Å². The van der Waals surface area contributed by atoms with Crippen molar-refractivity contribution in [3.8, 4) is 0 Å². The highest BCUT2D eigenvalue weighted by molar-refractivity contribution is 5.09. The van der Waals surface area contributed by atoms with Crippen LogP contribution >= 0.6 is 0 Å². The maximum Gasteiger partial charge on any atom is 0.0193 e. The third kappa shape index (κ3) is 12.2. The molecule has 3 aliphatic heterocycles. The minimum atomic E-state index is 1.22. The van der Waals surface area contributed by atoms with E-state index in [1.165, 1.54) is 148 Å². The molecule has 0 radical (unpaired) electrons. The first-order valence-electron chi connectivity index (χ1n) is 14.5. The standard InChI is InChI=1S/C31H52N2/c1-2-4-8-12-16-24-32-26-19-23-31(29-32)21-15-11-7-5-9-13-17-25-33-27-18-22-30(28-33)20-14-10-6-3-1/h8-9,12-13,22-23H,1-7,10-11,14-21,24-29H2/b12-8+,13-9+. The van der Waals surface area contributed by atoms with E-state index in [1.54, 1.807) is 11.1 Å². The zero-order chi connectivity index (χ0) is 22.8. The highest BCUT2D eigenvalue weighted by Crippen LogP contribution is 2.19. The van der Waals surface area contributed by atoms with Gasteiger partial charge in [0.25, 0.3) is 0 Å². The van der Waals surface area contributed by atoms with E-state index in [0.29, 0.717) is 0 Å². The van der Waals surface area contributed by atoms with Crippen LogP contribution in [0.3, 0.4) is 0 Å². The summed E-state index contributed by atoms with van der Waals surface area (Å²) in [6.45, 7) is 7.46. The van der Waals surface area contributed by atoms with Gasteiger partial charge in [0.1, 0.15) is 0 Å². The van der Waals surface area contributed by atoms with E-state index in [9.17, 15) is 0 Å². The Bertz CT molecular complexity index is 627. The van der Waals surface area contributed by atoms with Gasteiger partial charge >= 0.3 is 0 Å². The third-order valence-corrected chi connectivity index (χ3v) is 7.65. The van der Waals surface area contributed by atoms with Crippen molar-refractivity contribution in [2.24, 2.45) is 0 Å². The van der Waals surface area contributed by atoms with Crippen molar-refractivity contribution in [2.45, 2.75) is 109 Å². The van der Waals surface area contributed by atoms with Gasteiger partial charge in [0.2, 0.25) is 0 Å². The van der Waals surface area contributed by atoms with E-state index < -0.39 is 0 Å². The lowest BCUT2D eigenvalue weighted by molar-refractivity contribution is 0.291. The van der Waals surface area contributed by atoms with Crippen LogP contribution in [0.1, 0.15) is 109 Å². The fraction of sp³-hybridized carbons (Fsp3) is 0.742. The normalized spacial score (nSPS) is 30.3. The third-order valence-electron chi connectivity index (χ3n) is 7.65. The summed E-state index contributed by atoms with van der Waals surface area (Å²) < 4.78 is 0. The molecular formula is C31H52N2. The number of hydrogen-bond acceptors (Lipinski definition) is 2. The Morgan fingerprint density at radius 2 is 0.788 bits per heavy atom. The lowest BCUT2D eigenvalue weighted by Crippen LogP contribution is -2.30. The molecule has 33 heavy (non-hydrogen) atoms. The minimum Gasteiger partial charge on any atom is -0.299 e. The van der Waals surface area contributed by atoms with Gasteiger partial charge in [-0.25, -0.2) is 0 Å². The molecule has 4 bridgehead atoms. The van der Waals surface area contributed by atoms with Crippen LogP contribution in [0.25, 0.3) is 0 Å². The van der Waals surface area contributed by atoms with Crippen LogP contribution in [-0.2, 0) is 0 Å². The van der Waals surface area contributed by atoms with E-state index in [4.69, 9.17) is 0 Å². The summed E-state index contributed by atoms with van der Waals surface area (Å²) in [5, 5.41) is 0. The zero-order valence-corrected chi connectivity index (χ0v) is 21.6. The van der Waals surface area contributed by atoms with Gasteiger partial charge in [0.15, 0.2) is 0 Å². The van der Waals surface area contributed by atoms with E-state index in [1.807, 2.05) is 0 Å². The second kappa shape index (κ2) is 17.3. The Hall–Kier alpha value is -1.12. The summed E-state index contributed by atoms with van der Waals surface area (Å²) in [5.74, 6) is 0. The topological polar surface area (TPSA) is 6.48 Å². The number of rotatable bonds is 0. The molecule has 3 heterocycles. The second-order valence-corrected chi connectivity index (χ2v) is 10.6. The quantitative estimate of drug-likeness (QED) is 0.341. The number of nitrogens with zero attached hydrogens (tertiary/aromatic N) is 2. The van der Waals surface area contributed by atoms with Gasteiger partial charge < -0.3 is 0 Å². The monoisotopic (exact) mass is 452 g/mol. The van der Waals surface area contributed by atoms with E-state index in [2.05, 4.69) is 46.3 Å². The molecule has 2 heteroatoms. The highest BCUT2D eigenvalue weighted by Gasteiger charge is 2.12. The number of fused-ring (bicyclic) bond motifs is 4. The first-order chi connectivity index (χ1) is 16.4. The largest absolute Gasteiger partial charge is 0.299 e. The zero-order valence-electron chi connectivity index (χ0n) is 21.6. The van der Waals surface area contributed by atoms with Crippen molar-refractivity contribution >= 4 is 0 Å². The molecular weight excluding hydrogens is 400 g/mol. The van der Waals surface area contributed by atoms with E-state index >= 15 is 0 Å². The first-order valence-corrected chi connectivity index (χ1v) is 14.5. The summed E-state index contributed by atoms with van der Waals surface area (Å²) in [5.41, 5.74) is 3.41. The highest BCUT2D eigenvalue weighted by atomic mass is 15.1. The molecule has 0 N–H and O–H groups in total. The van der Waals surface area contributed by atoms with Crippen LogP contribution < -0.4 is 0 Å². The van der Waals surface area contributed by atoms with Crippen LogP contribution in [0, 0.1) is 0 Å². The van der Waals surface area contributed by atoms with Crippen molar-refractivity contribution in [3.05, 3.63) is 47.6 Å². The summed E-state index contributed by atoms with van der Waals surface area (Å²) >= 11 is 0. The maximum atomic E-state index is 2.68. The van der Waals surface area contributed by atoms with Crippen molar-refractivity contribution < 1.29 is 0 Å². The van der Waals surface area contributed by atoms with Crippen molar-refractivity contribution in [1.82, 2.24) is 9.80 Å². The van der Waals surface area contributed by atoms with Gasteiger partial charge in [-0.05, 0) is 77.0 Å². The Labute approximate surface area is 205 Å². The van der Waals surface area contributed by atoms with Crippen LogP contribution in [-0.4, -0.2) is 49.1 Å². The van der Waals surface area contributed by atoms with Gasteiger partial charge in [0.05, 0.1) is 0 Å². The van der Waals surface area contributed by atoms with Crippen molar-refractivity contribution in [3.63, 3.8) is 0 Å². The minimum absolute atomic E-state index is 1.22. The Morgan fingerprint density at radius 1 is 0.394 bits per heavy atom. The fourth-order valence-corrected chi connectivity index (χ4v) is 5.61. The van der Waals surface area contributed by atoms with Gasteiger partial charge in [0, 0.05) is 39.3 Å². The molecule has 0 aromatic carbocycles. The van der Waals surface area contributed by atoms with Gasteiger partial charge in [-0.2, -0.15) is 0 Å². The molecule has 0 amide bonds. The molecule has 0 saturated carbocycles. The van der Waals surface area contributed by atoms with Crippen LogP contribution in [0.4, 0.5) is 0 Å². The molecule has 2 unspecified atom stereocenters. The molecule has 186 valence electrons. The molecule has 0 aromatic heterocycles. The Morgan fingerprint density at radius 3 is 1.33 bits per heavy atom. The smallest absolute Gasteiger partial charge is 0.0193 e. The van der Waals surface area contributed by atoms with E-state index in [-0.39, 0.29) is 0 Å². The summed E-state index contributed by atoms with van der Waals surface area (Å²) in [6, 6.07) is 0. The summed E-state index contributed by atoms with van der Waals surface area (Å²) in [6.07, 6.45) is 37.6. The predicted octanol–water partition coefficient (Wildman–Crippen LogP) is 8.23. The molecule has 0 saturated heterocycles. The molecule has 3 aliphatic rings. The van der Waals surface area contributed by atoms with Gasteiger partial charge in [-0.15, -0.1) is 0 Å². The SMILES string of the molecule is C1=C2CCCCC/C=C/CCN3CCC=C(CCCCCCCC/C=C/CCN(CC1)C2)C3. The summed E-state index contributed by atoms with van der Waals surface area (Å²) in [7, 11) is 0. The number of allylic oxidation sites excluding steroid dienone is 2. The molecule has 0 fully saturated rings. The number of hydrogen-bond donors (Lipinski definition) is 0. The Balaban J connectivity index is 1.39. The lowest BCUT2D eigenvalue weighted by Gasteiger charge is -2.27. The molecule has 0 aromatic rings. The Kier molecular flexibility index (Phi) is 13.9. The molecule has 0 aliphatic carbocycles. The maximum absolute atomic E-state index is 2.68. The molecule has 2 atom stereocenters.